The van der Waals surface area contributed by atoms with Crippen LogP contribution >= 0.6 is 15.9 Å². The molecule has 3 heteroatoms. The topological polar surface area (TPSA) is 32.6 Å². The van der Waals surface area contributed by atoms with Crippen molar-refractivity contribution in [2.75, 3.05) is 0 Å². The standard InChI is InChI=1S/C9H10BrNO/c1-6-3-4-8(5-9(6)10)7(2)11-12/h3-5,12H,1-2H3/b11-7+. The molecule has 0 saturated heterocycles. The van der Waals surface area contributed by atoms with Gasteiger partial charge in [0.15, 0.2) is 0 Å². The Morgan fingerprint density at radius 2 is 2.17 bits per heavy atom. The molecule has 0 aromatic heterocycles. The summed E-state index contributed by atoms with van der Waals surface area (Å²) in [5.74, 6) is 0. The summed E-state index contributed by atoms with van der Waals surface area (Å²) in [6.07, 6.45) is 0. The molecule has 1 rings (SSSR count). The molecule has 2 nitrogen and oxygen atoms in total. The van der Waals surface area contributed by atoms with Crippen LogP contribution in [0.15, 0.2) is 27.8 Å². The number of benzene rings is 1. The lowest BCUT2D eigenvalue weighted by molar-refractivity contribution is 0.319. The molecular formula is C9H10BrNO. The van der Waals surface area contributed by atoms with E-state index in [4.69, 9.17) is 5.21 Å². The third kappa shape index (κ3) is 1.85. The summed E-state index contributed by atoms with van der Waals surface area (Å²) >= 11 is 3.41. The van der Waals surface area contributed by atoms with Crippen LogP contribution in [-0.2, 0) is 0 Å². The van der Waals surface area contributed by atoms with Gasteiger partial charge in [0, 0.05) is 10.0 Å². The molecule has 0 bridgehead atoms. The Kier molecular flexibility index (Phi) is 2.87. The summed E-state index contributed by atoms with van der Waals surface area (Å²) < 4.78 is 1.03. The van der Waals surface area contributed by atoms with Gasteiger partial charge in [0.05, 0.1) is 5.71 Å². The van der Waals surface area contributed by atoms with E-state index in [9.17, 15) is 0 Å². The minimum Gasteiger partial charge on any atom is -0.411 e. The van der Waals surface area contributed by atoms with Crippen LogP contribution in [0.3, 0.4) is 0 Å². The highest BCUT2D eigenvalue weighted by molar-refractivity contribution is 9.10. The quantitative estimate of drug-likeness (QED) is 0.447. The van der Waals surface area contributed by atoms with Gasteiger partial charge >= 0.3 is 0 Å². The maximum absolute atomic E-state index is 8.52. The summed E-state index contributed by atoms with van der Waals surface area (Å²) in [4.78, 5) is 0. The first kappa shape index (κ1) is 9.26. The van der Waals surface area contributed by atoms with Crippen LogP contribution in [0.5, 0.6) is 0 Å². The van der Waals surface area contributed by atoms with Gasteiger partial charge in [-0.1, -0.05) is 33.2 Å². The van der Waals surface area contributed by atoms with Crippen LogP contribution in [0, 0.1) is 6.92 Å². The Labute approximate surface area is 80.0 Å². The van der Waals surface area contributed by atoms with Gasteiger partial charge in [-0.2, -0.15) is 0 Å². The monoisotopic (exact) mass is 227 g/mol. The molecule has 0 unspecified atom stereocenters. The van der Waals surface area contributed by atoms with Crippen molar-refractivity contribution in [1.82, 2.24) is 0 Å². The van der Waals surface area contributed by atoms with Crippen molar-refractivity contribution in [3.05, 3.63) is 33.8 Å². The fourth-order valence-corrected chi connectivity index (χ4v) is 1.25. The van der Waals surface area contributed by atoms with E-state index in [1.54, 1.807) is 6.92 Å². The van der Waals surface area contributed by atoms with Crippen molar-refractivity contribution >= 4 is 21.6 Å². The molecule has 12 heavy (non-hydrogen) atoms. The lowest BCUT2D eigenvalue weighted by Gasteiger charge is -2.01. The molecule has 0 radical (unpaired) electrons. The second-order valence-corrected chi connectivity index (χ2v) is 3.50. The molecule has 1 N–H and O–H groups in total. The van der Waals surface area contributed by atoms with Gasteiger partial charge in [-0.05, 0) is 25.5 Å². The van der Waals surface area contributed by atoms with Gasteiger partial charge < -0.3 is 5.21 Å². The smallest absolute Gasteiger partial charge is 0.0837 e. The minimum absolute atomic E-state index is 0.621. The maximum atomic E-state index is 8.52. The molecule has 0 heterocycles. The van der Waals surface area contributed by atoms with E-state index >= 15 is 0 Å². The number of rotatable bonds is 1. The van der Waals surface area contributed by atoms with Crippen LogP contribution in [0.2, 0.25) is 0 Å². The lowest BCUT2D eigenvalue weighted by Crippen LogP contribution is -1.94. The molecular weight excluding hydrogens is 218 g/mol. The second-order valence-electron chi connectivity index (χ2n) is 2.65. The summed E-state index contributed by atoms with van der Waals surface area (Å²) in [5.41, 5.74) is 2.72. The SMILES string of the molecule is C/C(=N\O)c1ccc(C)c(Br)c1. The first-order valence-corrected chi connectivity index (χ1v) is 4.39. The molecule has 1 aromatic rings. The van der Waals surface area contributed by atoms with Gasteiger partial charge in [-0.15, -0.1) is 0 Å². The Hall–Kier alpha value is -0.830. The minimum atomic E-state index is 0.621. The van der Waals surface area contributed by atoms with E-state index in [1.165, 1.54) is 5.56 Å². The molecule has 1 aromatic carbocycles. The highest BCUT2D eigenvalue weighted by Crippen LogP contribution is 2.17. The largest absolute Gasteiger partial charge is 0.411 e. The van der Waals surface area contributed by atoms with Crippen molar-refractivity contribution in [2.45, 2.75) is 13.8 Å². The fourth-order valence-electron chi connectivity index (χ4n) is 0.876. The van der Waals surface area contributed by atoms with Crippen LogP contribution in [0.1, 0.15) is 18.1 Å². The number of nitrogens with zero attached hydrogens (tertiary/aromatic N) is 1. The van der Waals surface area contributed by atoms with Gasteiger partial charge in [-0.25, -0.2) is 0 Å². The van der Waals surface area contributed by atoms with Crippen molar-refractivity contribution in [3.8, 4) is 0 Å². The average Bonchev–Trinajstić information content (AvgIpc) is 2.08. The van der Waals surface area contributed by atoms with Gasteiger partial charge in [0.2, 0.25) is 0 Å². The van der Waals surface area contributed by atoms with Gasteiger partial charge in [0.1, 0.15) is 0 Å². The maximum Gasteiger partial charge on any atom is 0.0837 e. The number of hydrogen-bond donors (Lipinski definition) is 1. The van der Waals surface area contributed by atoms with E-state index in [-0.39, 0.29) is 0 Å². The zero-order valence-electron chi connectivity index (χ0n) is 7.00. The highest BCUT2D eigenvalue weighted by atomic mass is 79.9. The number of oxime groups is 1. The molecule has 0 aliphatic heterocycles. The highest BCUT2D eigenvalue weighted by Gasteiger charge is 1.99. The Morgan fingerprint density at radius 1 is 1.50 bits per heavy atom. The van der Waals surface area contributed by atoms with Crippen LogP contribution < -0.4 is 0 Å². The zero-order chi connectivity index (χ0) is 9.14. The summed E-state index contributed by atoms with van der Waals surface area (Å²) in [6, 6.07) is 5.84. The van der Waals surface area contributed by atoms with E-state index < -0.39 is 0 Å². The van der Waals surface area contributed by atoms with Gasteiger partial charge in [0.25, 0.3) is 0 Å². The molecule has 0 atom stereocenters. The molecule has 0 amide bonds. The number of aryl methyl sites for hydroxylation is 1. The summed E-state index contributed by atoms with van der Waals surface area (Å²) in [6.45, 7) is 3.77. The van der Waals surface area contributed by atoms with E-state index in [1.807, 2.05) is 25.1 Å². The Morgan fingerprint density at radius 3 is 2.67 bits per heavy atom. The first-order valence-electron chi connectivity index (χ1n) is 3.60. The van der Waals surface area contributed by atoms with Gasteiger partial charge in [-0.3, -0.25) is 0 Å². The van der Waals surface area contributed by atoms with Crippen molar-refractivity contribution in [1.29, 1.82) is 0 Å². The molecule has 0 fully saturated rings. The molecule has 0 aliphatic carbocycles. The summed E-state index contributed by atoms with van der Waals surface area (Å²) in [5, 5.41) is 11.6. The van der Waals surface area contributed by atoms with Crippen LogP contribution in [-0.4, -0.2) is 10.9 Å². The normalized spacial score (nSPS) is 11.8. The van der Waals surface area contributed by atoms with Crippen molar-refractivity contribution < 1.29 is 5.21 Å². The number of halogens is 1. The van der Waals surface area contributed by atoms with Crippen molar-refractivity contribution in [3.63, 3.8) is 0 Å². The fraction of sp³-hybridized carbons (Fsp3) is 0.222. The Balaban J connectivity index is 3.13. The van der Waals surface area contributed by atoms with Crippen LogP contribution in [0.4, 0.5) is 0 Å². The van der Waals surface area contributed by atoms with Crippen LogP contribution in [0.25, 0.3) is 0 Å². The molecule has 0 saturated carbocycles. The number of hydrogen-bond acceptors (Lipinski definition) is 2. The molecule has 64 valence electrons. The molecule has 0 aliphatic rings. The summed E-state index contributed by atoms with van der Waals surface area (Å²) in [7, 11) is 0. The van der Waals surface area contributed by atoms with E-state index in [2.05, 4.69) is 21.1 Å². The van der Waals surface area contributed by atoms with E-state index in [0.29, 0.717) is 5.71 Å². The molecule has 0 spiro atoms. The second kappa shape index (κ2) is 3.72. The lowest BCUT2D eigenvalue weighted by atomic mass is 10.1. The average molecular weight is 228 g/mol. The zero-order valence-corrected chi connectivity index (χ0v) is 8.59. The first-order chi connectivity index (χ1) is 5.65. The third-order valence-electron chi connectivity index (χ3n) is 1.74. The predicted octanol–water partition coefficient (Wildman–Crippen LogP) is 2.96. The Bertz CT molecular complexity index is 320. The third-order valence-corrected chi connectivity index (χ3v) is 2.59. The predicted molar refractivity (Wildman–Crippen MR) is 52.9 cm³/mol. The van der Waals surface area contributed by atoms with E-state index in [0.717, 1.165) is 10.0 Å². The van der Waals surface area contributed by atoms with Crippen molar-refractivity contribution in [2.24, 2.45) is 5.16 Å².